The summed E-state index contributed by atoms with van der Waals surface area (Å²) < 4.78 is 5.35. The van der Waals surface area contributed by atoms with Gasteiger partial charge in [-0.15, -0.1) is 0 Å². The fraction of sp³-hybridized carbons (Fsp3) is 0.636. The summed E-state index contributed by atoms with van der Waals surface area (Å²) in [5.41, 5.74) is 1.46. The van der Waals surface area contributed by atoms with Crippen LogP contribution in [0.1, 0.15) is 31.2 Å². The van der Waals surface area contributed by atoms with Gasteiger partial charge in [0.05, 0.1) is 25.7 Å². The van der Waals surface area contributed by atoms with Crippen molar-refractivity contribution in [1.82, 2.24) is 15.1 Å². The molecule has 2 saturated heterocycles. The summed E-state index contributed by atoms with van der Waals surface area (Å²) in [6.07, 6.45) is 4.17. The number of nitrogens with zero attached hydrogens (tertiary/aromatic N) is 2. The highest BCUT2D eigenvalue weighted by Crippen LogP contribution is 2.47. The molecule has 3 aliphatic rings. The smallest absolute Gasteiger partial charge is 0.234 e. The van der Waals surface area contributed by atoms with Gasteiger partial charge in [0.15, 0.2) is 0 Å². The SMILES string of the molecule is O=C(CN1CCCC(C(=O)N2CCOCC2)C1)NCC1(c2ccccc2)CC1. The first-order chi connectivity index (χ1) is 13.7. The average Bonchev–Trinajstić information content (AvgIpc) is 3.54. The fourth-order valence-electron chi connectivity index (χ4n) is 4.48. The third-order valence-corrected chi connectivity index (χ3v) is 6.41. The Morgan fingerprint density at radius 3 is 2.57 bits per heavy atom. The molecular weight excluding hydrogens is 354 g/mol. The maximum atomic E-state index is 12.7. The number of benzene rings is 1. The number of hydrogen-bond acceptors (Lipinski definition) is 4. The topological polar surface area (TPSA) is 61.9 Å². The van der Waals surface area contributed by atoms with Crippen LogP contribution in [-0.2, 0) is 19.7 Å². The number of nitrogens with one attached hydrogen (secondary N) is 1. The van der Waals surface area contributed by atoms with E-state index in [0.29, 0.717) is 45.9 Å². The van der Waals surface area contributed by atoms with Crippen LogP contribution >= 0.6 is 0 Å². The zero-order valence-corrected chi connectivity index (χ0v) is 16.6. The second-order valence-electron chi connectivity index (χ2n) is 8.44. The molecule has 28 heavy (non-hydrogen) atoms. The van der Waals surface area contributed by atoms with Crippen LogP contribution in [0.4, 0.5) is 0 Å². The van der Waals surface area contributed by atoms with Gasteiger partial charge >= 0.3 is 0 Å². The van der Waals surface area contributed by atoms with Crippen molar-refractivity contribution in [1.29, 1.82) is 0 Å². The number of ether oxygens (including phenoxy) is 1. The van der Waals surface area contributed by atoms with E-state index in [9.17, 15) is 9.59 Å². The summed E-state index contributed by atoms with van der Waals surface area (Å²) in [5, 5.41) is 3.15. The lowest BCUT2D eigenvalue weighted by molar-refractivity contribution is -0.142. The third kappa shape index (κ3) is 4.55. The standard InChI is InChI=1S/C22H31N3O3/c26-20(23-17-22(8-9-22)19-6-2-1-3-7-19)16-24-10-4-5-18(15-24)21(27)25-11-13-28-14-12-25/h1-3,6-7,18H,4-5,8-17H2,(H,23,26). The molecule has 1 unspecified atom stereocenters. The van der Waals surface area contributed by atoms with Gasteiger partial charge in [0.1, 0.15) is 0 Å². The molecule has 1 N–H and O–H groups in total. The molecule has 1 aromatic rings. The Balaban J connectivity index is 1.25. The number of carbonyl (C=O) groups excluding carboxylic acids is 2. The van der Waals surface area contributed by atoms with E-state index in [1.54, 1.807) is 0 Å². The minimum Gasteiger partial charge on any atom is -0.378 e. The Morgan fingerprint density at radius 2 is 1.86 bits per heavy atom. The molecule has 0 aromatic heterocycles. The molecule has 1 atom stereocenters. The summed E-state index contributed by atoms with van der Waals surface area (Å²) >= 11 is 0. The van der Waals surface area contributed by atoms with Crippen molar-refractivity contribution in [3.05, 3.63) is 35.9 Å². The molecule has 2 heterocycles. The van der Waals surface area contributed by atoms with Crippen LogP contribution in [0.2, 0.25) is 0 Å². The predicted molar refractivity (Wildman–Crippen MR) is 107 cm³/mol. The molecule has 1 aromatic carbocycles. The highest BCUT2D eigenvalue weighted by Gasteiger charge is 2.44. The number of hydrogen-bond donors (Lipinski definition) is 1. The number of morpholine rings is 1. The maximum absolute atomic E-state index is 12.7. The van der Waals surface area contributed by atoms with Crippen LogP contribution in [0.15, 0.2) is 30.3 Å². The zero-order chi connectivity index (χ0) is 19.4. The Labute approximate surface area is 167 Å². The van der Waals surface area contributed by atoms with Gasteiger partial charge in [-0.3, -0.25) is 14.5 Å². The first-order valence-corrected chi connectivity index (χ1v) is 10.6. The van der Waals surface area contributed by atoms with Crippen molar-refractivity contribution in [2.45, 2.75) is 31.1 Å². The highest BCUT2D eigenvalue weighted by atomic mass is 16.5. The van der Waals surface area contributed by atoms with Gasteiger partial charge < -0.3 is 15.0 Å². The molecular formula is C22H31N3O3. The highest BCUT2D eigenvalue weighted by molar-refractivity contribution is 5.80. The molecule has 4 rings (SSSR count). The number of piperidine rings is 1. The first kappa shape index (κ1) is 19.4. The van der Waals surface area contributed by atoms with Crippen molar-refractivity contribution in [2.75, 3.05) is 52.5 Å². The number of amides is 2. The lowest BCUT2D eigenvalue weighted by Crippen LogP contribution is -2.50. The van der Waals surface area contributed by atoms with Crippen LogP contribution in [0.3, 0.4) is 0 Å². The number of likely N-dealkylation sites (tertiary alicyclic amines) is 1. The summed E-state index contributed by atoms with van der Waals surface area (Å²) in [7, 11) is 0. The van der Waals surface area contributed by atoms with Crippen LogP contribution in [0.5, 0.6) is 0 Å². The van der Waals surface area contributed by atoms with Crippen molar-refractivity contribution in [3.8, 4) is 0 Å². The van der Waals surface area contributed by atoms with E-state index in [1.807, 2.05) is 11.0 Å². The van der Waals surface area contributed by atoms with Gasteiger partial charge in [0, 0.05) is 31.6 Å². The second kappa shape index (κ2) is 8.62. The third-order valence-electron chi connectivity index (χ3n) is 6.41. The fourth-order valence-corrected chi connectivity index (χ4v) is 4.48. The van der Waals surface area contributed by atoms with Gasteiger partial charge in [-0.2, -0.15) is 0 Å². The molecule has 0 spiro atoms. The van der Waals surface area contributed by atoms with Gasteiger partial charge in [0.2, 0.25) is 11.8 Å². The normalized spacial score (nSPS) is 24.6. The summed E-state index contributed by atoms with van der Waals surface area (Å²) in [6.45, 7) is 5.32. The van der Waals surface area contributed by atoms with Gasteiger partial charge in [-0.05, 0) is 37.8 Å². The molecule has 2 amide bonds. The van der Waals surface area contributed by atoms with Crippen LogP contribution < -0.4 is 5.32 Å². The Hall–Kier alpha value is -1.92. The second-order valence-corrected chi connectivity index (χ2v) is 8.44. The Bertz CT molecular complexity index is 684. The molecule has 1 aliphatic carbocycles. The zero-order valence-electron chi connectivity index (χ0n) is 16.6. The lowest BCUT2D eigenvalue weighted by atomic mass is 9.95. The molecule has 6 heteroatoms. The average molecular weight is 386 g/mol. The largest absolute Gasteiger partial charge is 0.378 e. The summed E-state index contributed by atoms with van der Waals surface area (Å²) in [6, 6.07) is 10.5. The van der Waals surface area contributed by atoms with Gasteiger partial charge in [-0.25, -0.2) is 0 Å². The molecule has 0 bridgehead atoms. The predicted octanol–water partition coefficient (Wildman–Crippen LogP) is 1.41. The number of carbonyl (C=O) groups is 2. The maximum Gasteiger partial charge on any atom is 0.234 e. The van der Waals surface area contributed by atoms with Crippen LogP contribution in [0, 0.1) is 5.92 Å². The van der Waals surface area contributed by atoms with Crippen molar-refractivity contribution in [3.63, 3.8) is 0 Å². The Morgan fingerprint density at radius 1 is 1.11 bits per heavy atom. The first-order valence-electron chi connectivity index (χ1n) is 10.6. The molecule has 3 fully saturated rings. The Kier molecular flexibility index (Phi) is 5.97. The minimum atomic E-state index is 0.0127. The minimum absolute atomic E-state index is 0.0127. The van der Waals surface area contributed by atoms with E-state index in [4.69, 9.17) is 4.74 Å². The van der Waals surface area contributed by atoms with E-state index < -0.39 is 0 Å². The van der Waals surface area contributed by atoms with E-state index in [0.717, 1.165) is 32.2 Å². The lowest BCUT2D eigenvalue weighted by Gasteiger charge is -2.36. The van der Waals surface area contributed by atoms with Crippen LogP contribution in [0.25, 0.3) is 0 Å². The molecule has 2 aliphatic heterocycles. The van der Waals surface area contributed by atoms with E-state index in [1.165, 1.54) is 5.56 Å². The molecule has 6 nitrogen and oxygen atoms in total. The van der Waals surface area contributed by atoms with Crippen molar-refractivity contribution in [2.24, 2.45) is 5.92 Å². The van der Waals surface area contributed by atoms with Crippen molar-refractivity contribution >= 4 is 11.8 Å². The summed E-state index contributed by atoms with van der Waals surface area (Å²) in [4.78, 5) is 29.3. The van der Waals surface area contributed by atoms with Gasteiger partial charge in [0.25, 0.3) is 0 Å². The quantitative estimate of drug-likeness (QED) is 0.804. The van der Waals surface area contributed by atoms with Gasteiger partial charge in [-0.1, -0.05) is 30.3 Å². The van der Waals surface area contributed by atoms with E-state index >= 15 is 0 Å². The van der Waals surface area contributed by atoms with Crippen LogP contribution in [-0.4, -0.2) is 74.1 Å². The number of rotatable bonds is 6. The molecule has 152 valence electrons. The monoisotopic (exact) mass is 385 g/mol. The summed E-state index contributed by atoms with van der Waals surface area (Å²) in [5.74, 6) is 0.315. The van der Waals surface area contributed by atoms with E-state index in [-0.39, 0.29) is 23.1 Å². The molecule has 0 radical (unpaired) electrons. The van der Waals surface area contributed by atoms with Crippen molar-refractivity contribution < 1.29 is 14.3 Å². The van der Waals surface area contributed by atoms with E-state index in [2.05, 4.69) is 34.5 Å². The molecule has 1 saturated carbocycles.